The van der Waals surface area contributed by atoms with Crippen LogP contribution < -0.4 is 10.5 Å². The number of fused-ring (bicyclic) bond motifs is 3. The molecule has 0 aliphatic carbocycles. The fourth-order valence-corrected chi connectivity index (χ4v) is 4.16. The highest BCUT2D eigenvalue weighted by molar-refractivity contribution is 5.79. The van der Waals surface area contributed by atoms with Crippen LogP contribution in [0.1, 0.15) is 37.1 Å². The molecule has 8 heteroatoms. The molecule has 0 spiro atoms. The summed E-state index contributed by atoms with van der Waals surface area (Å²) in [6.07, 6.45) is -1.09. The fraction of sp³-hybridized carbons (Fsp3) is 0.333. The summed E-state index contributed by atoms with van der Waals surface area (Å²) in [6.45, 7) is 3.68. The van der Waals surface area contributed by atoms with Gasteiger partial charge in [-0.2, -0.15) is 0 Å². The second-order valence-electron chi connectivity index (χ2n) is 7.42. The van der Waals surface area contributed by atoms with Gasteiger partial charge in [0.15, 0.2) is 0 Å². The zero-order valence-corrected chi connectivity index (χ0v) is 16.1. The summed E-state index contributed by atoms with van der Waals surface area (Å²) in [4.78, 5) is 25.5. The topological polar surface area (TPSA) is 85.1 Å². The molecule has 1 fully saturated rings. The minimum atomic E-state index is -0.823. The molecule has 2 aromatic carbocycles. The van der Waals surface area contributed by atoms with Gasteiger partial charge in [0.1, 0.15) is 11.6 Å². The predicted molar refractivity (Wildman–Crippen MR) is 102 cm³/mol. The molecule has 1 saturated heterocycles. The van der Waals surface area contributed by atoms with Crippen molar-refractivity contribution in [1.82, 2.24) is 10.0 Å². The molecule has 2 heterocycles. The smallest absolute Gasteiger partial charge is 0.429 e. The van der Waals surface area contributed by atoms with Gasteiger partial charge in [-0.05, 0) is 37.6 Å². The molecule has 3 atom stereocenters. The van der Waals surface area contributed by atoms with Gasteiger partial charge in [0.25, 0.3) is 0 Å². The maximum Gasteiger partial charge on any atom is 0.429 e. The summed E-state index contributed by atoms with van der Waals surface area (Å²) in [5.74, 6) is -0.347. The van der Waals surface area contributed by atoms with Crippen molar-refractivity contribution in [2.45, 2.75) is 32.0 Å². The van der Waals surface area contributed by atoms with E-state index in [9.17, 15) is 14.0 Å². The van der Waals surface area contributed by atoms with E-state index >= 15 is 0 Å². The molecular formula is C21H22FN3O4. The molecule has 0 bridgehead atoms. The number of hydrogen-bond acceptors (Lipinski definition) is 4. The van der Waals surface area contributed by atoms with Gasteiger partial charge >= 0.3 is 12.1 Å². The van der Waals surface area contributed by atoms with Gasteiger partial charge in [0, 0.05) is 11.5 Å². The predicted octanol–water partition coefficient (Wildman–Crippen LogP) is 3.77. The number of ether oxygens (including phenoxy) is 2. The Morgan fingerprint density at radius 2 is 1.86 bits per heavy atom. The fourth-order valence-electron chi connectivity index (χ4n) is 4.16. The minimum absolute atomic E-state index is 0.234. The molecule has 152 valence electrons. The number of halogens is 1. The number of urea groups is 1. The molecular weight excluding hydrogens is 377 g/mol. The quantitative estimate of drug-likeness (QED) is 0.833. The van der Waals surface area contributed by atoms with Gasteiger partial charge in [-0.1, -0.05) is 30.3 Å². The summed E-state index contributed by atoms with van der Waals surface area (Å²) >= 11 is 0. The van der Waals surface area contributed by atoms with Crippen molar-refractivity contribution >= 4 is 12.1 Å². The molecule has 2 N–H and O–H groups in total. The van der Waals surface area contributed by atoms with Crippen LogP contribution in [0.2, 0.25) is 0 Å². The van der Waals surface area contributed by atoms with Crippen LogP contribution in [0.3, 0.4) is 0 Å². The molecule has 4 rings (SSSR count). The van der Waals surface area contributed by atoms with Gasteiger partial charge < -0.3 is 15.2 Å². The molecule has 2 aromatic rings. The Balaban J connectivity index is 1.88. The molecule has 0 aromatic heterocycles. The van der Waals surface area contributed by atoms with Crippen molar-refractivity contribution in [2.75, 3.05) is 6.61 Å². The van der Waals surface area contributed by atoms with E-state index in [4.69, 9.17) is 15.2 Å². The third-order valence-corrected chi connectivity index (χ3v) is 5.18. The highest BCUT2D eigenvalue weighted by atomic mass is 19.1. The van der Waals surface area contributed by atoms with Crippen molar-refractivity contribution < 1.29 is 23.5 Å². The number of rotatable bonds is 2. The van der Waals surface area contributed by atoms with Crippen LogP contribution in [0, 0.1) is 11.7 Å². The third kappa shape index (κ3) is 3.24. The first-order valence-corrected chi connectivity index (χ1v) is 9.44. The summed E-state index contributed by atoms with van der Waals surface area (Å²) in [6, 6.07) is 11.4. The largest absolute Gasteiger partial charge is 0.493 e. The zero-order chi connectivity index (χ0) is 20.7. The second kappa shape index (κ2) is 7.27. The van der Waals surface area contributed by atoms with Crippen LogP contribution in [-0.2, 0) is 4.74 Å². The minimum Gasteiger partial charge on any atom is -0.493 e. The lowest BCUT2D eigenvalue weighted by Gasteiger charge is -2.33. The lowest BCUT2D eigenvalue weighted by atomic mass is 9.84. The summed E-state index contributed by atoms with van der Waals surface area (Å²) in [5, 5.41) is 2.42. The van der Waals surface area contributed by atoms with Crippen LogP contribution in [0.4, 0.5) is 14.0 Å². The standard InChI is InChI=1S/C21H22FN3O4/c1-12(2)29-21(27)25-18(13-6-4-3-5-7-13)16-11-28-17-9-8-14(22)10-15(17)19(16)24(25)20(23)26/h3-10,12,16,18-19H,11H2,1-2H3,(H2,23,26)/t16-,18-,19?/m1/s1. The van der Waals surface area contributed by atoms with Crippen molar-refractivity contribution in [2.24, 2.45) is 11.7 Å². The Labute approximate surface area is 167 Å². The Hall–Kier alpha value is -3.29. The van der Waals surface area contributed by atoms with E-state index < -0.39 is 36.1 Å². The number of hydrogen-bond donors (Lipinski definition) is 1. The van der Waals surface area contributed by atoms with Gasteiger partial charge in [0.05, 0.1) is 24.8 Å². The van der Waals surface area contributed by atoms with E-state index in [2.05, 4.69) is 0 Å². The SMILES string of the molecule is CC(C)OC(=O)N1[C@H](c2ccccc2)[C@H]2COc3ccc(F)cc3C2N1C(N)=O. The average molecular weight is 399 g/mol. The van der Waals surface area contributed by atoms with Gasteiger partial charge in [0.2, 0.25) is 0 Å². The zero-order valence-electron chi connectivity index (χ0n) is 16.1. The van der Waals surface area contributed by atoms with Crippen LogP contribution in [-0.4, -0.2) is 34.9 Å². The molecule has 1 unspecified atom stereocenters. The number of benzene rings is 2. The molecule has 0 saturated carbocycles. The maximum atomic E-state index is 14.0. The van der Waals surface area contributed by atoms with Gasteiger partial charge in [-0.25, -0.2) is 24.0 Å². The second-order valence-corrected chi connectivity index (χ2v) is 7.42. The van der Waals surface area contributed by atoms with Crippen LogP contribution >= 0.6 is 0 Å². The monoisotopic (exact) mass is 399 g/mol. The van der Waals surface area contributed by atoms with Crippen molar-refractivity contribution in [1.29, 1.82) is 0 Å². The van der Waals surface area contributed by atoms with E-state index in [-0.39, 0.29) is 12.5 Å². The Morgan fingerprint density at radius 3 is 2.52 bits per heavy atom. The number of amides is 3. The third-order valence-electron chi connectivity index (χ3n) is 5.18. The summed E-state index contributed by atoms with van der Waals surface area (Å²) < 4.78 is 25.3. The van der Waals surface area contributed by atoms with Crippen molar-refractivity contribution in [3.05, 3.63) is 65.5 Å². The lowest BCUT2D eigenvalue weighted by molar-refractivity contribution is -0.00596. The highest BCUT2D eigenvalue weighted by Gasteiger charge is 2.56. The van der Waals surface area contributed by atoms with Crippen LogP contribution in [0.5, 0.6) is 5.75 Å². The number of primary amides is 1. The first-order chi connectivity index (χ1) is 13.9. The highest BCUT2D eigenvalue weighted by Crippen LogP contribution is 2.53. The number of hydrazine groups is 1. The lowest BCUT2D eigenvalue weighted by Crippen LogP contribution is -2.49. The summed E-state index contributed by atoms with van der Waals surface area (Å²) in [7, 11) is 0. The summed E-state index contributed by atoms with van der Waals surface area (Å²) in [5.41, 5.74) is 6.98. The van der Waals surface area contributed by atoms with Crippen molar-refractivity contribution in [3.8, 4) is 5.75 Å². The number of carbonyl (C=O) groups is 2. The number of carbonyl (C=O) groups excluding carboxylic acids is 2. The molecule has 2 aliphatic rings. The van der Waals surface area contributed by atoms with Crippen molar-refractivity contribution in [3.63, 3.8) is 0 Å². The van der Waals surface area contributed by atoms with E-state index in [0.29, 0.717) is 11.3 Å². The molecule has 3 amide bonds. The first kappa shape index (κ1) is 19.0. The van der Waals surface area contributed by atoms with Gasteiger partial charge in [-0.15, -0.1) is 0 Å². The van der Waals surface area contributed by atoms with E-state index in [1.807, 2.05) is 30.3 Å². The maximum absolute atomic E-state index is 14.0. The van der Waals surface area contributed by atoms with Crippen LogP contribution in [0.15, 0.2) is 48.5 Å². The molecule has 7 nitrogen and oxygen atoms in total. The normalized spacial score (nSPS) is 22.7. The molecule has 0 radical (unpaired) electrons. The Kier molecular flexibility index (Phi) is 4.77. The molecule has 29 heavy (non-hydrogen) atoms. The molecule has 2 aliphatic heterocycles. The first-order valence-electron chi connectivity index (χ1n) is 9.44. The average Bonchev–Trinajstić information content (AvgIpc) is 3.04. The van der Waals surface area contributed by atoms with Crippen LogP contribution in [0.25, 0.3) is 0 Å². The van der Waals surface area contributed by atoms with E-state index in [1.165, 1.54) is 28.2 Å². The Bertz CT molecular complexity index is 937. The number of nitrogens with zero attached hydrogens (tertiary/aromatic N) is 2. The van der Waals surface area contributed by atoms with E-state index in [0.717, 1.165) is 5.56 Å². The van der Waals surface area contributed by atoms with Gasteiger partial charge in [-0.3, -0.25) is 0 Å². The van der Waals surface area contributed by atoms with E-state index in [1.54, 1.807) is 13.8 Å². The Morgan fingerprint density at radius 1 is 1.14 bits per heavy atom. The number of nitrogens with two attached hydrogens (primary N) is 1.